The zero-order valence-electron chi connectivity index (χ0n) is 15.1. The summed E-state index contributed by atoms with van der Waals surface area (Å²) in [6.45, 7) is 3.89. The lowest BCUT2D eigenvalue weighted by molar-refractivity contribution is 0.414. The Balaban J connectivity index is 1.96. The highest BCUT2D eigenvalue weighted by molar-refractivity contribution is 9.11. The quantitative estimate of drug-likeness (QED) is 0.505. The van der Waals surface area contributed by atoms with Crippen LogP contribution in [0.2, 0.25) is 0 Å². The van der Waals surface area contributed by atoms with Crippen molar-refractivity contribution in [3.8, 4) is 16.2 Å². The molecular formula is C20H18BrNO3S2. The van der Waals surface area contributed by atoms with Crippen LogP contribution in [0, 0.1) is 0 Å². The van der Waals surface area contributed by atoms with Gasteiger partial charge in [-0.25, -0.2) is 8.42 Å². The molecule has 1 aromatic heterocycles. The van der Waals surface area contributed by atoms with Crippen LogP contribution < -0.4 is 9.04 Å². The summed E-state index contributed by atoms with van der Waals surface area (Å²) in [6, 6.07) is 16.4. The summed E-state index contributed by atoms with van der Waals surface area (Å²) in [6.07, 6.45) is 0. The molecule has 2 heterocycles. The number of ether oxygens (including phenoxy) is 1. The first-order valence-corrected chi connectivity index (χ1v) is 11.4. The molecular weight excluding hydrogens is 446 g/mol. The second kappa shape index (κ2) is 6.36. The van der Waals surface area contributed by atoms with Crippen LogP contribution in [0.15, 0.2) is 63.3 Å². The van der Waals surface area contributed by atoms with Crippen LogP contribution in [0.1, 0.15) is 19.4 Å². The van der Waals surface area contributed by atoms with Gasteiger partial charge in [0.15, 0.2) is 0 Å². The number of fused-ring (bicyclic) bond motifs is 3. The Labute approximate surface area is 171 Å². The summed E-state index contributed by atoms with van der Waals surface area (Å²) in [7, 11) is -2.21. The molecule has 0 spiro atoms. The lowest BCUT2D eigenvalue weighted by atomic mass is 9.86. The third-order valence-electron chi connectivity index (χ3n) is 4.84. The van der Waals surface area contributed by atoms with E-state index in [0.29, 0.717) is 11.4 Å². The average molecular weight is 464 g/mol. The van der Waals surface area contributed by atoms with Gasteiger partial charge in [0.1, 0.15) is 5.75 Å². The number of thiophene rings is 1. The molecule has 0 unspecified atom stereocenters. The van der Waals surface area contributed by atoms with Gasteiger partial charge in [0.2, 0.25) is 0 Å². The van der Waals surface area contributed by atoms with Gasteiger partial charge in [-0.2, -0.15) is 0 Å². The molecule has 0 bridgehead atoms. The van der Waals surface area contributed by atoms with Crippen molar-refractivity contribution in [2.45, 2.75) is 24.3 Å². The number of rotatable bonds is 3. The first-order chi connectivity index (χ1) is 12.8. The van der Waals surface area contributed by atoms with E-state index in [1.807, 2.05) is 38.1 Å². The molecule has 4 nitrogen and oxygen atoms in total. The molecule has 0 atom stereocenters. The highest BCUT2D eigenvalue weighted by Gasteiger charge is 2.45. The van der Waals surface area contributed by atoms with Crippen molar-refractivity contribution >= 4 is 43.0 Å². The topological polar surface area (TPSA) is 46.6 Å². The van der Waals surface area contributed by atoms with Gasteiger partial charge in [-0.15, -0.1) is 11.3 Å². The summed E-state index contributed by atoms with van der Waals surface area (Å²) >= 11 is 5.08. The normalized spacial score (nSPS) is 15.2. The third kappa shape index (κ3) is 2.80. The van der Waals surface area contributed by atoms with Gasteiger partial charge in [-0.3, -0.25) is 4.31 Å². The Kier molecular flexibility index (Phi) is 4.36. The molecule has 0 radical (unpaired) electrons. The zero-order valence-corrected chi connectivity index (χ0v) is 18.3. The van der Waals surface area contributed by atoms with Crippen molar-refractivity contribution in [2.75, 3.05) is 11.4 Å². The Hall–Kier alpha value is -1.83. The number of hydrogen-bond donors (Lipinski definition) is 0. The maximum Gasteiger partial charge on any atom is 0.265 e. The summed E-state index contributed by atoms with van der Waals surface area (Å²) in [4.78, 5) is 1.19. The minimum atomic E-state index is -3.77. The maximum absolute atomic E-state index is 13.7. The van der Waals surface area contributed by atoms with E-state index in [9.17, 15) is 8.42 Å². The minimum absolute atomic E-state index is 0.240. The Morgan fingerprint density at radius 3 is 2.41 bits per heavy atom. The highest BCUT2D eigenvalue weighted by Crippen LogP contribution is 2.54. The first-order valence-electron chi connectivity index (χ1n) is 8.35. The molecule has 7 heteroatoms. The van der Waals surface area contributed by atoms with Gasteiger partial charge in [-0.1, -0.05) is 24.3 Å². The molecule has 0 N–H and O–H groups in total. The van der Waals surface area contributed by atoms with Crippen molar-refractivity contribution in [1.29, 1.82) is 0 Å². The van der Waals surface area contributed by atoms with Gasteiger partial charge in [0.25, 0.3) is 10.0 Å². The standard InChI is InChI=1S/C20H18BrNO3S2/c1-20(2)16-7-5-4-6-15(16)19-17(12-18(21)26-19)22(20)27(23,24)14-10-8-13(25-3)9-11-14/h4-12H,1-3H3. The smallest absolute Gasteiger partial charge is 0.265 e. The predicted octanol–water partition coefficient (Wildman–Crippen LogP) is 5.63. The monoisotopic (exact) mass is 463 g/mol. The number of methoxy groups -OCH3 is 1. The van der Waals surface area contributed by atoms with Crippen LogP contribution in [0.3, 0.4) is 0 Å². The Morgan fingerprint density at radius 2 is 1.74 bits per heavy atom. The van der Waals surface area contributed by atoms with Crippen molar-refractivity contribution in [2.24, 2.45) is 0 Å². The summed E-state index contributed by atoms with van der Waals surface area (Å²) in [5, 5.41) is 0. The number of hydrogen-bond acceptors (Lipinski definition) is 4. The van der Waals surface area contributed by atoms with Crippen LogP contribution in [-0.4, -0.2) is 15.5 Å². The molecule has 3 aromatic rings. The Bertz CT molecular complexity index is 1120. The van der Waals surface area contributed by atoms with E-state index in [-0.39, 0.29) is 4.90 Å². The molecule has 27 heavy (non-hydrogen) atoms. The first kappa shape index (κ1) is 18.5. The molecule has 1 aliphatic rings. The average Bonchev–Trinajstić information content (AvgIpc) is 3.02. The Morgan fingerprint density at radius 1 is 1.07 bits per heavy atom. The van der Waals surface area contributed by atoms with Crippen molar-refractivity contribution in [1.82, 2.24) is 0 Å². The fourth-order valence-electron chi connectivity index (χ4n) is 3.60. The molecule has 0 fully saturated rings. The fraction of sp³-hybridized carbons (Fsp3) is 0.200. The van der Waals surface area contributed by atoms with Crippen LogP contribution in [-0.2, 0) is 15.6 Å². The number of benzene rings is 2. The van der Waals surface area contributed by atoms with Crippen LogP contribution >= 0.6 is 27.3 Å². The maximum atomic E-state index is 13.7. The molecule has 0 saturated carbocycles. The molecule has 0 aliphatic carbocycles. The second-order valence-electron chi connectivity index (χ2n) is 6.81. The molecule has 2 aromatic carbocycles. The number of halogens is 1. The van der Waals surface area contributed by atoms with E-state index in [0.717, 1.165) is 19.8 Å². The van der Waals surface area contributed by atoms with Crippen molar-refractivity contribution < 1.29 is 13.2 Å². The zero-order chi connectivity index (χ0) is 19.4. The number of sulfonamides is 1. The van der Waals surface area contributed by atoms with Gasteiger partial charge in [-0.05, 0) is 71.2 Å². The van der Waals surface area contributed by atoms with Crippen LogP contribution in [0.25, 0.3) is 10.4 Å². The second-order valence-corrected chi connectivity index (χ2v) is 11.0. The lowest BCUT2D eigenvalue weighted by Crippen LogP contribution is -2.47. The van der Waals surface area contributed by atoms with E-state index in [2.05, 4.69) is 22.0 Å². The van der Waals surface area contributed by atoms with Crippen molar-refractivity contribution in [3.63, 3.8) is 0 Å². The van der Waals surface area contributed by atoms with Crippen LogP contribution in [0.5, 0.6) is 5.75 Å². The van der Waals surface area contributed by atoms with Gasteiger partial charge < -0.3 is 4.74 Å². The molecule has 0 saturated heterocycles. The van der Waals surface area contributed by atoms with Gasteiger partial charge >= 0.3 is 0 Å². The van der Waals surface area contributed by atoms with Gasteiger partial charge in [0, 0.05) is 0 Å². The van der Waals surface area contributed by atoms with E-state index < -0.39 is 15.6 Å². The number of nitrogens with zero attached hydrogens (tertiary/aromatic N) is 1. The summed E-state index contributed by atoms with van der Waals surface area (Å²) in [5.41, 5.74) is 2.03. The SMILES string of the molecule is COc1ccc(S(=O)(=O)N2c3cc(Br)sc3-c3ccccc3C2(C)C)cc1. The minimum Gasteiger partial charge on any atom is -0.497 e. The number of anilines is 1. The predicted molar refractivity (Wildman–Crippen MR) is 113 cm³/mol. The highest BCUT2D eigenvalue weighted by atomic mass is 79.9. The van der Waals surface area contributed by atoms with E-state index in [1.54, 1.807) is 47.0 Å². The van der Waals surface area contributed by atoms with Crippen molar-refractivity contribution in [3.05, 3.63) is 63.9 Å². The fourth-order valence-corrected chi connectivity index (χ4v) is 7.07. The van der Waals surface area contributed by atoms with Gasteiger partial charge in [0.05, 0.1) is 31.9 Å². The lowest BCUT2D eigenvalue weighted by Gasteiger charge is -2.43. The van der Waals surface area contributed by atoms with E-state index >= 15 is 0 Å². The molecule has 0 amide bonds. The van der Waals surface area contributed by atoms with E-state index in [4.69, 9.17) is 4.74 Å². The summed E-state index contributed by atoms with van der Waals surface area (Å²) < 4.78 is 34.9. The molecule has 1 aliphatic heterocycles. The molecule has 4 rings (SSSR count). The summed E-state index contributed by atoms with van der Waals surface area (Å²) in [5.74, 6) is 0.621. The third-order valence-corrected chi connectivity index (χ3v) is 8.50. The largest absolute Gasteiger partial charge is 0.497 e. The van der Waals surface area contributed by atoms with E-state index in [1.165, 1.54) is 0 Å². The molecule has 140 valence electrons. The van der Waals surface area contributed by atoms with Crippen LogP contribution in [0.4, 0.5) is 5.69 Å².